The summed E-state index contributed by atoms with van der Waals surface area (Å²) in [6, 6.07) is 5.50. The van der Waals surface area contributed by atoms with E-state index < -0.39 is 0 Å². The molecule has 4 nitrogen and oxygen atoms in total. The molecule has 1 rings (SSSR count). The number of rotatable bonds is 7. The summed E-state index contributed by atoms with van der Waals surface area (Å²) in [7, 11) is 0. The maximum atomic E-state index is 8.93. The molecule has 0 spiro atoms. The lowest BCUT2D eigenvalue weighted by Crippen LogP contribution is -2.31. The number of amidine groups is 1. The van der Waals surface area contributed by atoms with E-state index in [1.807, 2.05) is 12.1 Å². The smallest absolute Gasteiger partial charge is 0.172 e. The fraction of sp³-hybridized carbons (Fsp3) is 0.533. The molecule has 0 fully saturated rings. The quantitative estimate of drug-likeness (QED) is 0.349. The molecule has 0 saturated heterocycles. The number of hydrogen-bond donors (Lipinski definition) is 2. The summed E-state index contributed by atoms with van der Waals surface area (Å²) >= 11 is 6.02. The average Bonchev–Trinajstić information content (AvgIpc) is 2.48. The highest BCUT2D eigenvalue weighted by molar-refractivity contribution is 6.31. The van der Waals surface area contributed by atoms with Gasteiger partial charge < -0.3 is 15.8 Å². The van der Waals surface area contributed by atoms with E-state index >= 15 is 0 Å². The summed E-state index contributed by atoms with van der Waals surface area (Å²) in [5.74, 6) is 0.719. The minimum absolute atomic E-state index is 0.0884. The van der Waals surface area contributed by atoms with Gasteiger partial charge in [0, 0.05) is 29.4 Å². The number of oxime groups is 1. The Balaban J connectivity index is 3.14. The third kappa shape index (κ3) is 4.04. The van der Waals surface area contributed by atoms with Crippen molar-refractivity contribution in [1.82, 2.24) is 0 Å². The molecule has 0 bridgehead atoms. The Kier molecular flexibility index (Phi) is 6.65. The Morgan fingerprint density at radius 3 is 2.50 bits per heavy atom. The maximum Gasteiger partial charge on any atom is 0.172 e. The van der Waals surface area contributed by atoms with Crippen LogP contribution < -0.4 is 10.6 Å². The molecule has 0 atom stereocenters. The molecule has 0 aromatic heterocycles. The lowest BCUT2D eigenvalue weighted by Gasteiger charge is -2.29. The molecule has 0 radical (unpaired) electrons. The number of halogens is 1. The van der Waals surface area contributed by atoms with Crippen molar-refractivity contribution in [3.8, 4) is 0 Å². The van der Waals surface area contributed by atoms with E-state index in [0.717, 1.165) is 31.6 Å². The third-order valence-electron chi connectivity index (χ3n) is 3.70. The largest absolute Gasteiger partial charge is 0.409 e. The van der Waals surface area contributed by atoms with Gasteiger partial charge in [-0.1, -0.05) is 43.4 Å². The monoisotopic (exact) mass is 297 g/mol. The third-order valence-corrected chi connectivity index (χ3v) is 3.93. The first kappa shape index (κ1) is 16.6. The highest BCUT2D eigenvalue weighted by Crippen LogP contribution is 2.26. The Hall–Kier alpha value is -1.42. The molecule has 5 heteroatoms. The second-order valence-electron chi connectivity index (χ2n) is 4.87. The van der Waals surface area contributed by atoms with Gasteiger partial charge in [0.1, 0.15) is 0 Å². The van der Waals surface area contributed by atoms with Crippen molar-refractivity contribution in [3.05, 3.63) is 28.8 Å². The molecule has 0 aliphatic heterocycles. The van der Waals surface area contributed by atoms with Gasteiger partial charge in [-0.05, 0) is 31.0 Å². The van der Waals surface area contributed by atoms with Crippen molar-refractivity contribution in [3.63, 3.8) is 0 Å². The molecule has 0 unspecified atom stereocenters. The molecule has 3 N–H and O–H groups in total. The predicted octanol–water partition coefficient (Wildman–Crippen LogP) is 3.70. The van der Waals surface area contributed by atoms with Crippen LogP contribution in [0.2, 0.25) is 5.02 Å². The molecular formula is C15H24ClN3O. The molecule has 1 aromatic carbocycles. The minimum Gasteiger partial charge on any atom is -0.409 e. The molecule has 20 heavy (non-hydrogen) atoms. The SMILES string of the molecule is CCC(CC)CN(CC)c1ccc(Cl)cc1C(N)=NO. The Bertz CT molecular complexity index is 458. The first-order valence-corrected chi connectivity index (χ1v) is 7.47. The van der Waals surface area contributed by atoms with E-state index in [0.29, 0.717) is 16.5 Å². The predicted molar refractivity (Wildman–Crippen MR) is 85.9 cm³/mol. The number of benzene rings is 1. The first-order chi connectivity index (χ1) is 9.57. The van der Waals surface area contributed by atoms with Crippen molar-refractivity contribution in [2.24, 2.45) is 16.8 Å². The highest BCUT2D eigenvalue weighted by atomic mass is 35.5. The van der Waals surface area contributed by atoms with Gasteiger partial charge in [-0.3, -0.25) is 0 Å². The lowest BCUT2D eigenvalue weighted by atomic mass is 10.0. The fourth-order valence-corrected chi connectivity index (χ4v) is 2.47. The van der Waals surface area contributed by atoms with Gasteiger partial charge in [-0.2, -0.15) is 0 Å². The zero-order valence-electron chi connectivity index (χ0n) is 12.4. The molecule has 1 aromatic rings. The van der Waals surface area contributed by atoms with E-state index in [1.165, 1.54) is 0 Å². The Morgan fingerprint density at radius 2 is 2.00 bits per heavy atom. The molecule has 0 heterocycles. The maximum absolute atomic E-state index is 8.93. The van der Waals surface area contributed by atoms with Gasteiger partial charge in [0.2, 0.25) is 0 Å². The second kappa shape index (κ2) is 8.00. The summed E-state index contributed by atoms with van der Waals surface area (Å²) in [5, 5.41) is 12.6. The van der Waals surface area contributed by atoms with Crippen LogP contribution in [-0.2, 0) is 0 Å². The zero-order valence-corrected chi connectivity index (χ0v) is 13.2. The van der Waals surface area contributed by atoms with Gasteiger partial charge in [0.05, 0.1) is 0 Å². The highest BCUT2D eigenvalue weighted by Gasteiger charge is 2.16. The van der Waals surface area contributed by atoms with Crippen LogP contribution in [0.4, 0.5) is 5.69 Å². The van der Waals surface area contributed by atoms with Gasteiger partial charge in [-0.15, -0.1) is 0 Å². The van der Waals surface area contributed by atoms with Crippen LogP contribution in [0.25, 0.3) is 0 Å². The molecular weight excluding hydrogens is 274 g/mol. The summed E-state index contributed by atoms with van der Waals surface area (Å²) in [5.41, 5.74) is 7.40. The summed E-state index contributed by atoms with van der Waals surface area (Å²) in [6.07, 6.45) is 2.28. The molecule has 112 valence electrons. The van der Waals surface area contributed by atoms with Crippen molar-refractivity contribution in [2.45, 2.75) is 33.6 Å². The van der Waals surface area contributed by atoms with Crippen LogP contribution in [0, 0.1) is 5.92 Å². The van der Waals surface area contributed by atoms with Crippen molar-refractivity contribution >= 4 is 23.1 Å². The van der Waals surface area contributed by atoms with Crippen molar-refractivity contribution in [2.75, 3.05) is 18.0 Å². The number of nitrogens with zero attached hydrogens (tertiary/aromatic N) is 2. The van der Waals surface area contributed by atoms with Crippen molar-refractivity contribution < 1.29 is 5.21 Å². The summed E-state index contributed by atoms with van der Waals surface area (Å²) in [6.45, 7) is 8.33. The van der Waals surface area contributed by atoms with Crippen LogP contribution in [0.5, 0.6) is 0 Å². The number of nitrogens with two attached hydrogens (primary N) is 1. The lowest BCUT2D eigenvalue weighted by molar-refractivity contribution is 0.318. The van der Waals surface area contributed by atoms with E-state index in [2.05, 4.69) is 30.8 Å². The number of hydrogen-bond acceptors (Lipinski definition) is 3. The first-order valence-electron chi connectivity index (χ1n) is 7.09. The molecule has 0 amide bonds. The minimum atomic E-state index is 0.0884. The second-order valence-corrected chi connectivity index (χ2v) is 5.30. The van der Waals surface area contributed by atoms with Crippen LogP contribution in [0.15, 0.2) is 23.4 Å². The Labute approximate surface area is 126 Å². The standard InChI is InChI=1S/C15H24ClN3O/c1-4-11(5-2)10-19(6-3)14-8-7-12(16)9-13(14)15(17)18-20/h7-9,11,20H,4-6,10H2,1-3H3,(H2,17,18). The van der Waals surface area contributed by atoms with Crippen LogP contribution >= 0.6 is 11.6 Å². The zero-order chi connectivity index (χ0) is 15.1. The normalized spacial score (nSPS) is 11.9. The Morgan fingerprint density at radius 1 is 1.35 bits per heavy atom. The summed E-state index contributed by atoms with van der Waals surface area (Å²) in [4.78, 5) is 2.25. The van der Waals surface area contributed by atoms with Gasteiger partial charge in [0.25, 0.3) is 0 Å². The number of anilines is 1. The van der Waals surface area contributed by atoms with Crippen molar-refractivity contribution in [1.29, 1.82) is 0 Å². The van der Waals surface area contributed by atoms with E-state index in [9.17, 15) is 0 Å². The summed E-state index contributed by atoms with van der Waals surface area (Å²) < 4.78 is 0. The van der Waals surface area contributed by atoms with E-state index in [-0.39, 0.29) is 5.84 Å². The average molecular weight is 298 g/mol. The fourth-order valence-electron chi connectivity index (χ4n) is 2.30. The van der Waals surface area contributed by atoms with Crippen LogP contribution in [-0.4, -0.2) is 24.1 Å². The molecule has 0 aliphatic carbocycles. The van der Waals surface area contributed by atoms with E-state index in [4.69, 9.17) is 22.5 Å². The molecule has 0 saturated carbocycles. The van der Waals surface area contributed by atoms with Gasteiger partial charge >= 0.3 is 0 Å². The van der Waals surface area contributed by atoms with Gasteiger partial charge in [0.15, 0.2) is 5.84 Å². The topological polar surface area (TPSA) is 61.8 Å². The van der Waals surface area contributed by atoms with Gasteiger partial charge in [-0.25, -0.2) is 0 Å². The molecule has 0 aliphatic rings. The van der Waals surface area contributed by atoms with Crippen LogP contribution in [0.3, 0.4) is 0 Å². The van der Waals surface area contributed by atoms with E-state index in [1.54, 1.807) is 6.07 Å². The van der Waals surface area contributed by atoms with Crippen LogP contribution in [0.1, 0.15) is 39.2 Å².